The summed E-state index contributed by atoms with van der Waals surface area (Å²) < 4.78 is 0. The molecule has 4 atom stereocenters. The van der Waals surface area contributed by atoms with Gasteiger partial charge in [-0.15, -0.1) is 0 Å². The SMILES string of the molecule is C=C(C)C(CC)CCCNC1CC(C)C(CCC)C1. The monoisotopic (exact) mass is 265 g/mol. The van der Waals surface area contributed by atoms with Crippen LogP contribution in [0.4, 0.5) is 0 Å². The number of hydrogen-bond donors (Lipinski definition) is 1. The second-order valence-corrected chi connectivity index (χ2v) is 6.74. The standard InChI is InChI=1S/C18H35N/c1-6-9-17-13-18(12-15(17)5)19-11-8-10-16(7-2)14(3)4/h15-19H,3,6-13H2,1-2,4-5H3. The molecule has 0 saturated heterocycles. The van der Waals surface area contributed by atoms with Gasteiger partial charge in [-0.3, -0.25) is 0 Å². The summed E-state index contributed by atoms with van der Waals surface area (Å²) in [4.78, 5) is 0. The molecule has 19 heavy (non-hydrogen) atoms. The van der Waals surface area contributed by atoms with Crippen LogP contribution in [0.15, 0.2) is 12.2 Å². The van der Waals surface area contributed by atoms with Gasteiger partial charge >= 0.3 is 0 Å². The summed E-state index contributed by atoms with van der Waals surface area (Å²) in [6.07, 6.45) is 9.42. The van der Waals surface area contributed by atoms with E-state index in [0.717, 1.165) is 23.8 Å². The maximum Gasteiger partial charge on any atom is 0.00724 e. The minimum absolute atomic E-state index is 0.733. The second kappa shape index (κ2) is 8.79. The van der Waals surface area contributed by atoms with Crippen molar-refractivity contribution in [3.8, 4) is 0 Å². The maximum absolute atomic E-state index is 4.10. The highest BCUT2D eigenvalue weighted by Crippen LogP contribution is 2.34. The van der Waals surface area contributed by atoms with Gasteiger partial charge in [-0.2, -0.15) is 0 Å². The van der Waals surface area contributed by atoms with Gasteiger partial charge in [0.25, 0.3) is 0 Å². The lowest BCUT2D eigenvalue weighted by atomic mass is 9.93. The Morgan fingerprint density at radius 3 is 2.63 bits per heavy atom. The van der Waals surface area contributed by atoms with Crippen molar-refractivity contribution < 1.29 is 0 Å². The minimum Gasteiger partial charge on any atom is -0.314 e. The normalized spacial score (nSPS) is 28.5. The van der Waals surface area contributed by atoms with E-state index in [1.807, 2.05) is 0 Å². The van der Waals surface area contributed by atoms with E-state index >= 15 is 0 Å². The molecule has 1 nitrogen and oxygen atoms in total. The number of hydrogen-bond acceptors (Lipinski definition) is 1. The van der Waals surface area contributed by atoms with Crippen LogP contribution < -0.4 is 5.32 Å². The summed E-state index contributed by atoms with van der Waals surface area (Å²) in [5, 5.41) is 3.79. The van der Waals surface area contributed by atoms with Gasteiger partial charge in [0, 0.05) is 6.04 Å². The molecule has 1 aliphatic rings. The van der Waals surface area contributed by atoms with Gasteiger partial charge < -0.3 is 5.32 Å². The summed E-state index contributed by atoms with van der Waals surface area (Å²) in [6, 6.07) is 0.788. The van der Waals surface area contributed by atoms with Crippen molar-refractivity contribution in [1.29, 1.82) is 0 Å². The van der Waals surface area contributed by atoms with Crippen molar-refractivity contribution in [2.24, 2.45) is 17.8 Å². The Morgan fingerprint density at radius 1 is 1.32 bits per heavy atom. The average Bonchev–Trinajstić information content (AvgIpc) is 2.70. The Hall–Kier alpha value is -0.300. The van der Waals surface area contributed by atoms with Crippen molar-refractivity contribution in [2.75, 3.05) is 6.54 Å². The van der Waals surface area contributed by atoms with E-state index in [4.69, 9.17) is 0 Å². The highest BCUT2D eigenvalue weighted by Gasteiger charge is 2.29. The van der Waals surface area contributed by atoms with E-state index in [1.165, 1.54) is 57.1 Å². The third kappa shape index (κ3) is 5.69. The largest absolute Gasteiger partial charge is 0.314 e. The summed E-state index contributed by atoms with van der Waals surface area (Å²) in [7, 11) is 0. The number of nitrogens with one attached hydrogen (secondary N) is 1. The Balaban J connectivity index is 2.15. The predicted octanol–water partition coefficient (Wildman–Crippen LogP) is 5.17. The van der Waals surface area contributed by atoms with E-state index in [0.29, 0.717) is 0 Å². The van der Waals surface area contributed by atoms with Crippen LogP contribution in [-0.2, 0) is 0 Å². The summed E-state index contributed by atoms with van der Waals surface area (Å²) in [6.45, 7) is 14.5. The molecule has 0 spiro atoms. The summed E-state index contributed by atoms with van der Waals surface area (Å²) in [5.74, 6) is 2.63. The number of rotatable bonds is 9. The molecule has 1 rings (SSSR count). The first-order chi connectivity index (χ1) is 9.08. The fourth-order valence-electron chi connectivity index (χ4n) is 3.73. The highest BCUT2D eigenvalue weighted by molar-refractivity contribution is 4.95. The molecular weight excluding hydrogens is 230 g/mol. The zero-order chi connectivity index (χ0) is 14.3. The highest BCUT2D eigenvalue weighted by atomic mass is 14.9. The lowest BCUT2D eigenvalue weighted by Gasteiger charge is -2.16. The molecule has 1 saturated carbocycles. The molecule has 4 unspecified atom stereocenters. The van der Waals surface area contributed by atoms with Gasteiger partial charge in [0.1, 0.15) is 0 Å². The molecule has 112 valence electrons. The van der Waals surface area contributed by atoms with Crippen LogP contribution in [0.1, 0.15) is 72.6 Å². The molecule has 0 aromatic heterocycles. The molecule has 1 fully saturated rings. The van der Waals surface area contributed by atoms with Crippen LogP contribution in [0.25, 0.3) is 0 Å². The molecule has 0 aliphatic heterocycles. The van der Waals surface area contributed by atoms with Crippen LogP contribution in [0.5, 0.6) is 0 Å². The number of allylic oxidation sites excluding steroid dienone is 1. The smallest absolute Gasteiger partial charge is 0.00724 e. The van der Waals surface area contributed by atoms with Crippen molar-refractivity contribution in [1.82, 2.24) is 5.32 Å². The van der Waals surface area contributed by atoms with Crippen molar-refractivity contribution in [3.63, 3.8) is 0 Å². The van der Waals surface area contributed by atoms with E-state index < -0.39 is 0 Å². The Kier molecular flexibility index (Phi) is 7.75. The molecule has 1 aliphatic carbocycles. The van der Waals surface area contributed by atoms with Crippen molar-refractivity contribution >= 4 is 0 Å². The molecule has 0 bridgehead atoms. The first-order valence-electron chi connectivity index (χ1n) is 8.47. The Bertz CT molecular complexity index is 258. The van der Waals surface area contributed by atoms with Gasteiger partial charge in [0.15, 0.2) is 0 Å². The van der Waals surface area contributed by atoms with Crippen LogP contribution in [-0.4, -0.2) is 12.6 Å². The lowest BCUT2D eigenvalue weighted by Crippen LogP contribution is -2.28. The van der Waals surface area contributed by atoms with Gasteiger partial charge in [-0.25, -0.2) is 0 Å². The summed E-state index contributed by atoms with van der Waals surface area (Å²) in [5.41, 5.74) is 1.36. The van der Waals surface area contributed by atoms with Gasteiger partial charge in [-0.1, -0.05) is 45.8 Å². The summed E-state index contributed by atoms with van der Waals surface area (Å²) >= 11 is 0. The fraction of sp³-hybridized carbons (Fsp3) is 0.889. The van der Waals surface area contributed by atoms with E-state index in [1.54, 1.807) is 0 Å². The third-order valence-electron chi connectivity index (χ3n) is 5.06. The van der Waals surface area contributed by atoms with Crippen LogP contribution in [0.2, 0.25) is 0 Å². The zero-order valence-electron chi connectivity index (χ0n) is 13.7. The third-order valence-corrected chi connectivity index (χ3v) is 5.06. The molecule has 1 N–H and O–H groups in total. The quantitative estimate of drug-likeness (QED) is 0.448. The minimum atomic E-state index is 0.733. The Labute approximate surface area is 121 Å². The molecule has 1 heteroatoms. The molecule has 0 radical (unpaired) electrons. The zero-order valence-corrected chi connectivity index (χ0v) is 13.7. The van der Waals surface area contributed by atoms with Crippen molar-refractivity contribution in [2.45, 2.75) is 78.7 Å². The maximum atomic E-state index is 4.10. The fourth-order valence-corrected chi connectivity index (χ4v) is 3.73. The molecule has 0 amide bonds. The van der Waals surface area contributed by atoms with E-state index in [-0.39, 0.29) is 0 Å². The topological polar surface area (TPSA) is 12.0 Å². The first kappa shape index (κ1) is 16.8. The molecule has 0 aromatic carbocycles. The molecule has 0 heterocycles. The van der Waals surface area contributed by atoms with E-state index in [2.05, 4.69) is 39.6 Å². The van der Waals surface area contributed by atoms with Gasteiger partial charge in [0.05, 0.1) is 0 Å². The average molecular weight is 265 g/mol. The Morgan fingerprint density at radius 2 is 2.05 bits per heavy atom. The van der Waals surface area contributed by atoms with Gasteiger partial charge in [-0.05, 0) is 63.3 Å². The van der Waals surface area contributed by atoms with Crippen molar-refractivity contribution in [3.05, 3.63) is 12.2 Å². The first-order valence-corrected chi connectivity index (χ1v) is 8.47. The van der Waals surface area contributed by atoms with Crippen LogP contribution >= 0.6 is 0 Å². The van der Waals surface area contributed by atoms with Crippen LogP contribution in [0.3, 0.4) is 0 Å². The molecular formula is C18H35N. The second-order valence-electron chi connectivity index (χ2n) is 6.74. The van der Waals surface area contributed by atoms with E-state index in [9.17, 15) is 0 Å². The predicted molar refractivity (Wildman–Crippen MR) is 86.4 cm³/mol. The molecule has 0 aromatic rings. The van der Waals surface area contributed by atoms with Gasteiger partial charge in [0.2, 0.25) is 0 Å². The lowest BCUT2D eigenvalue weighted by molar-refractivity contribution is 0.387. The van der Waals surface area contributed by atoms with Crippen LogP contribution in [0, 0.1) is 17.8 Å².